The van der Waals surface area contributed by atoms with Gasteiger partial charge in [-0.1, -0.05) is 12.2 Å². The Morgan fingerprint density at radius 2 is 1.29 bits per heavy atom. The lowest BCUT2D eigenvalue weighted by atomic mass is 9.61. The maximum atomic E-state index is 11.8. The largest absolute Gasteiger partial charge is 0.299 e. The maximum absolute atomic E-state index is 11.8. The minimum atomic E-state index is 0.0845. The first kappa shape index (κ1) is 7.38. The lowest BCUT2D eigenvalue weighted by Gasteiger charge is -2.41. The van der Waals surface area contributed by atoms with E-state index in [4.69, 9.17) is 0 Å². The molecule has 0 amide bonds. The molecule has 0 aliphatic heterocycles. The SMILES string of the molecule is O=C1C[C@H]2[C@H]3C=C[C@H]4[C@@H]2CC(=O)[C@@H]4[C@H]13. The van der Waals surface area contributed by atoms with Gasteiger partial charge in [0.15, 0.2) is 0 Å². The van der Waals surface area contributed by atoms with Crippen LogP contribution < -0.4 is 0 Å². The van der Waals surface area contributed by atoms with Gasteiger partial charge in [0, 0.05) is 24.7 Å². The Hall–Kier alpha value is -0.920. The third-order valence-electron chi connectivity index (χ3n) is 4.93. The highest BCUT2D eigenvalue weighted by Gasteiger charge is 2.64. The van der Waals surface area contributed by atoms with Crippen molar-refractivity contribution in [2.45, 2.75) is 12.8 Å². The van der Waals surface area contributed by atoms with Crippen LogP contribution in [-0.4, -0.2) is 11.6 Å². The summed E-state index contributed by atoms with van der Waals surface area (Å²) in [7, 11) is 0. The lowest BCUT2D eigenvalue weighted by Crippen LogP contribution is -2.40. The molecule has 0 radical (unpaired) electrons. The van der Waals surface area contributed by atoms with Crippen molar-refractivity contribution in [2.75, 3.05) is 0 Å². The number of carbonyl (C=O) groups excluding carboxylic acids is 2. The van der Waals surface area contributed by atoms with Crippen molar-refractivity contribution in [2.24, 2.45) is 35.5 Å². The van der Waals surface area contributed by atoms with Gasteiger partial charge in [-0.3, -0.25) is 9.59 Å². The van der Waals surface area contributed by atoms with E-state index in [1.165, 1.54) is 0 Å². The van der Waals surface area contributed by atoms with E-state index in [2.05, 4.69) is 12.2 Å². The van der Waals surface area contributed by atoms with Crippen LogP contribution in [0.1, 0.15) is 12.8 Å². The average Bonchev–Trinajstić information content (AvgIpc) is 2.61. The molecule has 5 rings (SSSR count). The zero-order valence-electron chi connectivity index (χ0n) is 7.85. The van der Waals surface area contributed by atoms with E-state index < -0.39 is 0 Å². The van der Waals surface area contributed by atoms with Crippen molar-refractivity contribution in [1.82, 2.24) is 0 Å². The minimum Gasteiger partial charge on any atom is -0.299 e. The molecule has 0 heterocycles. The normalized spacial score (nSPS) is 57.4. The Bertz CT molecular complexity index is 346. The molecule has 0 unspecified atom stereocenters. The molecule has 5 aliphatic rings. The number of allylic oxidation sites excluding steroid dienone is 2. The third kappa shape index (κ3) is 0.579. The molecule has 6 atom stereocenters. The van der Waals surface area contributed by atoms with Gasteiger partial charge in [0.2, 0.25) is 0 Å². The smallest absolute Gasteiger partial charge is 0.137 e. The van der Waals surface area contributed by atoms with Gasteiger partial charge in [-0.05, 0) is 23.7 Å². The summed E-state index contributed by atoms with van der Waals surface area (Å²) >= 11 is 0. The molecule has 2 nitrogen and oxygen atoms in total. The lowest BCUT2D eigenvalue weighted by molar-refractivity contribution is -0.130. The van der Waals surface area contributed by atoms with Crippen LogP contribution in [0.15, 0.2) is 12.2 Å². The van der Waals surface area contributed by atoms with Crippen molar-refractivity contribution in [3.05, 3.63) is 12.2 Å². The molecule has 5 aliphatic carbocycles. The van der Waals surface area contributed by atoms with E-state index in [1.807, 2.05) is 0 Å². The summed E-state index contributed by atoms with van der Waals surface area (Å²) in [6.45, 7) is 0. The van der Waals surface area contributed by atoms with Gasteiger partial charge >= 0.3 is 0 Å². The molecule has 72 valence electrons. The quantitative estimate of drug-likeness (QED) is 0.535. The van der Waals surface area contributed by atoms with Crippen LogP contribution in [0.3, 0.4) is 0 Å². The number of hydrogen-bond donors (Lipinski definition) is 0. The van der Waals surface area contributed by atoms with Crippen molar-refractivity contribution >= 4 is 11.6 Å². The first-order valence-corrected chi connectivity index (χ1v) is 5.51. The fourth-order valence-corrected chi connectivity index (χ4v) is 4.51. The monoisotopic (exact) mass is 188 g/mol. The van der Waals surface area contributed by atoms with Gasteiger partial charge in [0.1, 0.15) is 11.6 Å². The second-order valence-electron chi connectivity index (χ2n) is 5.26. The Morgan fingerprint density at radius 1 is 0.857 bits per heavy atom. The van der Waals surface area contributed by atoms with Crippen LogP contribution in [0, 0.1) is 35.5 Å². The van der Waals surface area contributed by atoms with Gasteiger partial charge in [-0.15, -0.1) is 0 Å². The zero-order chi connectivity index (χ0) is 9.45. The van der Waals surface area contributed by atoms with E-state index in [0.29, 0.717) is 35.2 Å². The molecule has 3 saturated carbocycles. The molecule has 0 spiro atoms. The van der Waals surface area contributed by atoms with E-state index in [9.17, 15) is 9.59 Å². The van der Waals surface area contributed by atoms with Crippen LogP contribution in [0.4, 0.5) is 0 Å². The highest BCUT2D eigenvalue weighted by molar-refractivity contribution is 5.96. The van der Waals surface area contributed by atoms with Gasteiger partial charge in [-0.25, -0.2) is 0 Å². The molecule has 6 bridgehead atoms. The van der Waals surface area contributed by atoms with Gasteiger partial charge in [0.25, 0.3) is 0 Å². The maximum Gasteiger partial charge on any atom is 0.137 e. The third-order valence-corrected chi connectivity index (χ3v) is 4.93. The first-order chi connectivity index (χ1) is 6.77. The molecule has 0 N–H and O–H groups in total. The van der Waals surface area contributed by atoms with E-state index in [-0.39, 0.29) is 11.8 Å². The predicted octanol–water partition coefficient (Wildman–Crippen LogP) is 1.21. The van der Waals surface area contributed by atoms with E-state index in [0.717, 1.165) is 12.8 Å². The summed E-state index contributed by atoms with van der Waals surface area (Å²) in [4.78, 5) is 23.6. The van der Waals surface area contributed by atoms with Crippen molar-refractivity contribution in [3.63, 3.8) is 0 Å². The Labute approximate surface area is 82.4 Å². The Balaban J connectivity index is 1.97. The summed E-state index contributed by atoms with van der Waals surface area (Å²) in [5, 5.41) is 0. The molecular formula is C12H12O2. The van der Waals surface area contributed by atoms with Gasteiger partial charge in [0.05, 0.1) is 0 Å². The standard InChI is InChI=1S/C12H12O2/c13-9-3-7-5-1-2-6-8(7)4-10(14)12(6)11(5)9/h1-2,5-8,11-12H,3-4H2/t5-,6+,7-,8-,11+,12-/m0/s1. The molecule has 0 aromatic rings. The second kappa shape index (κ2) is 2.02. The van der Waals surface area contributed by atoms with Crippen LogP contribution in [0.5, 0.6) is 0 Å². The zero-order valence-corrected chi connectivity index (χ0v) is 7.85. The van der Waals surface area contributed by atoms with Crippen molar-refractivity contribution < 1.29 is 9.59 Å². The first-order valence-electron chi connectivity index (χ1n) is 5.51. The van der Waals surface area contributed by atoms with E-state index in [1.54, 1.807) is 0 Å². The van der Waals surface area contributed by atoms with Crippen LogP contribution in [0.25, 0.3) is 0 Å². The highest BCUT2D eigenvalue weighted by atomic mass is 16.1. The second-order valence-corrected chi connectivity index (χ2v) is 5.26. The Kier molecular flexibility index (Phi) is 1.07. The number of hydrogen-bond acceptors (Lipinski definition) is 2. The van der Waals surface area contributed by atoms with Crippen molar-refractivity contribution in [3.8, 4) is 0 Å². The molecular weight excluding hydrogens is 176 g/mol. The van der Waals surface area contributed by atoms with Crippen LogP contribution in [0.2, 0.25) is 0 Å². The summed E-state index contributed by atoms with van der Waals surface area (Å²) in [5.41, 5.74) is 0. The Morgan fingerprint density at radius 3 is 1.71 bits per heavy atom. The fourth-order valence-electron chi connectivity index (χ4n) is 4.51. The topological polar surface area (TPSA) is 34.1 Å². The molecule has 3 fully saturated rings. The van der Waals surface area contributed by atoms with Crippen LogP contribution >= 0.6 is 0 Å². The summed E-state index contributed by atoms with van der Waals surface area (Å²) in [6.07, 6.45) is 5.95. The number of ketones is 2. The fraction of sp³-hybridized carbons (Fsp3) is 0.667. The summed E-state index contributed by atoms with van der Waals surface area (Å²) in [5.74, 6) is 2.80. The van der Waals surface area contributed by atoms with Crippen molar-refractivity contribution in [1.29, 1.82) is 0 Å². The molecule has 14 heavy (non-hydrogen) atoms. The summed E-state index contributed by atoms with van der Waals surface area (Å²) < 4.78 is 0. The number of rotatable bonds is 0. The molecule has 2 heteroatoms. The van der Waals surface area contributed by atoms with E-state index >= 15 is 0 Å². The van der Waals surface area contributed by atoms with Gasteiger partial charge < -0.3 is 0 Å². The minimum absolute atomic E-state index is 0.0845. The molecule has 0 aromatic heterocycles. The van der Waals surface area contributed by atoms with Gasteiger partial charge in [-0.2, -0.15) is 0 Å². The molecule has 0 aromatic carbocycles. The number of carbonyl (C=O) groups is 2. The predicted molar refractivity (Wildman–Crippen MR) is 49.3 cm³/mol. The van der Waals surface area contributed by atoms with Crippen LogP contribution in [-0.2, 0) is 9.59 Å². The summed E-state index contributed by atoms with van der Waals surface area (Å²) in [6, 6.07) is 0. The number of Topliss-reactive ketones (excluding diaryl/α,β-unsaturated/α-hetero) is 2. The average molecular weight is 188 g/mol. The highest BCUT2D eigenvalue weighted by Crippen LogP contribution is 2.62. The molecule has 0 saturated heterocycles.